The number of halogens is 1. The lowest BCUT2D eigenvalue weighted by atomic mass is 10.0. The Bertz CT molecular complexity index is 725. The molecule has 5 heteroatoms. The van der Waals surface area contributed by atoms with E-state index in [1.54, 1.807) is 12.1 Å². The quantitative estimate of drug-likeness (QED) is 0.877. The summed E-state index contributed by atoms with van der Waals surface area (Å²) in [5.74, 6) is -0.00324. The third-order valence-corrected chi connectivity index (χ3v) is 4.72. The molecule has 0 aliphatic carbocycles. The predicted octanol–water partition coefficient (Wildman–Crippen LogP) is 3.48. The molecule has 3 rings (SSSR count). The summed E-state index contributed by atoms with van der Waals surface area (Å²) >= 11 is 3.40. The summed E-state index contributed by atoms with van der Waals surface area (Å²) < 4.78 is 0.901. The second-order valence-corrected chi connectivity index (χ2v) is 6.83. The van der Waals surface area contributed by atoms with Crippen LogP contribution >= 0.6 is 15.9 Å². The maximum atomic E-state index is 12.5. The van der Waals surface area contributed by atoms with Gasteiger partial charge in [-0.2, -0.15) is 0 Å². The number of piperidine rings is 1. The van der Waals surface area contributed by atoms with Crippen molar-refractivity contribution in [3.8, 4) is 0 Å². The van der Waals surface area contributed by atoms with Gasteiger partial charge in [0.15, 0.2) is 0 Å². The topological polar surface area (TPSA) is 49.4 Å². The highest BCUT2D eigenvalue weighted by Gasteiger charge is 2.24. The normalized spacial score (nSPS) is 15.1. The highest BCUT2D eigenvalue weighted by Crippen LogP contribution is 2.17. The lowest BCUT2D eigenvalue weighted by Crippen LogP contribution is -2.46. The van der Waals surface area contributed by atoms with Crippen LogP contribution in [0, 0.1) is 0 Å². The number of likely N-dealkylation sites (tertiary alicyclic amines) is 1. The summed E-state index contributed by atoms with van der Waals surface area (Å²) in [7, 11) is 0. The first kappa shape index (κ1) is 16.7. The summed E-state index contributed by atoms with van der Waals surface area (Å²) in [5, 5.41) is 3.06. The van der Waals surface area contributed by atoms with Gasteiger partial charge in [0.2, 0.25) is 0 Å². The molecule has 1 aliphatic heterocycles. The van der Waals surface area contributed by atoms with Crippen molar-refractivity contribution in [3.05, 3.63) is 70.2 Å². The van der Waals surface area contributed by atoms with Gasteiger partial charge in [-0.15, -0.1) is 0 Å². The lowest BCUT2D eigenvalue weighted by Gasteiger charge is -2.32. The van der Waals surface area contributed by atoms with E-state index in [-0.39, 0.29) is 17.9 Å². The molecule has 1 heterocycles. The average molecular weight is 387 g/mol. The van der Waals surface area contributed by atoms with Gasteiger partial charge in [-0.05, 0) is 43.2 Å². The number of hydrogen-bond donors (Lipinski definition) is 1. The van der Waals surface area contributed by atoms with Crippen molar-refractivity contribution >= 4 is 27.7 Å². The van der Waals surface area contributed by atoms with E-state index in [2.05, 4.69) is 21.2 Å². The maximum Gasteiger partial charge on any atom is 0.253 e. The summed E-state index contributed by atoms with van der Waals surface area (Å²) in [6, 6.07) is 16.8. The summed E-state index contributed by atoms with van der Waals surface area (Å²) in [6.45, 7) is 1.32. The molecule has 0 unspecified atom stereocenters. The van der Waals surface area contributed by atoms with E-state index in [1.807, 2.05) is 47.4 Å². The SMILES string of the molecule is O=C(NC1CCN(C(=O)c2cccc(Br)c2)CC1)c1ccccc1. The van der Waals surface area contributed by atoms with Crippen LogP contribution in [0.15, 0.2) is 59.1 Å². The largest absolute Gasteiger partial charge is 0.349 e. The molecular formula is C19H19BrN2O2. The minimum atomic E-state index is -0.0487. The average Bonchev–Trinajstić information content (AvgIpc) is 2.62. The third kappa shape index (κ3) is 4.03. The molecule has 0 radical (unpaired) electrons. The molecular weight excluding hydrogens is 368 g/mol. The van der Waals surface area contributed by atoms with Crippen molar-refractivity contribution in [2.24, 2.45) is 0 Å². The van der Waals surface area contributed by atoms with Crippen molar-refractivity contribution < 1.29 is 9.59 Å². The molecule has 1 saturated heterocycles. The molecule has 0 spiro atoms. The Morgan fingerprint density at radius 3 is 2.29 bits per heavy atom. The van der Waals surface area contributed by atoms with Gasteiger partial charge < -0.3 is 10.2 Å². The molecule has 1 fully saturated rings. The van der Waals surface area contributed by atoms with E-state index >= 15 is 0 Å². The number of rotatable bonds is 3. The monoisotopic (exact) mass is 386 g/mol. The predicted molar refractivity (Wildman–Crippen MR) is 97.0 cm³/mol. The Morgan fingerprint density at radius 1 is 0.958 bits per heavy atom. The van der Waals surface area contributed by atoms with Gasteiger partial charge in [0, 0.05) is 34.7 Å². The van der Waals surface area contributed by atoms with Crippen LogP contribution in [0.3, 0.4) is 0 Å². The molecule has 0 saturated carbocycles. The van der Waals surface area contributed by atoms with E-state index in [0.29, 0.717) is 24.2 Å². The van der Waals surface area contributed by atoms with Crippen molar-refractivity contribution in [1.82, 2.24) is 10.2 Å². The zero-order valence-electron chi connectivity index (χ0n) is 13.2. The molecule has 0 atom stereocenters. The first-order valence-electron chi connectivity index (χ1n) is 8.04. The van der Waals surface area contributed by atoms with E-state index in [4.69, 9.17) is 0 Å². The zero-order chi connectivity index (χ0) is 16.9. The van der Waals surface area contributed by atoms with Crippen LogP contribution in [-0.4, -0.2) is 35.8 Å². The van der Waals surface area contributed by atoms with Crippen molar-refractivity contribution in [2.45, 2.75) is 18.9 Å². The number of hydrogen-bond acceptors (Lipinski definition) is 2. The molecule has 1 N–H and O–H groups in total. The van der Waals surface area contributed by atoms with Gasteiger partial charge in [0.1, 0.15) is 0 Å². The summed E-state index contributed by atoms with van der Waals surface area (Å²) in [5.41, 5.74) is 1.36. The molecule has 0 aromatic heterocycles. The molecule has 2 aromatic carbocycles. The van der Waals surface area contributed by atoms with E-state index in [9.17, 15) is 9.59 Å². The smallest absolute Gasteiger partial charge is 0.253 e. The molecule has 0 bridgehead atoms. The van der Waals surface area contributed by atoms with Crippen molar-refractivity contribution in [2.75, 3.05) is 13.1 Å². The first-order valence-corrected chi connectivity index (χ1v) is 8.83. The van der Waals surface area contributed by atoms with Crippen LogP contribution in [0.25, 0.3) is 0 Å². The van der Waals surface area contributed by atoms with Gasteiger partial charge in [0.25, 0.3) is 11.8 Å². The standard InChI is InChI=1S/C19H19BrN2O2/c20-16-8-4-7-15(13-16)19(24)22-11-9-17(10-12-22)21-18(23)14-5-2-1-3-6-14/h1-8,13,17H,9-12H2,(H,21,23). The van der Waals surface area contributed by atoms with Crippen LogP contribution in [0.5, 0.6) is 0 Å². The number of nitrogens with one attached hydrogen (secondary N) is 1. The fourth-order valence-corrected chi connectivity index (χ4v) is 3.29. The van der Waals surface area contributed by atoms with Crippen LogP contribution in [-0.2, 0) is 0 Å². The fraction of sp³-hybridized carbons (Fsp3) is 0.263. The Labute approximate surface area is 150 Å². The van der Waals surface area contributed by atoms with E-state index in [0.717, 1.165) is 17.3 Å². The first-order chi connectivity index (χ1) is 11.6. The summed E-state index contributed by atoms with van der Waals surface area (Å²) in [4.78, 5) is 26.6. The number of carbonyl (C=O) groups is 2. The van der Waals surface area contributed by atoms with Gasteiger partial charge in [-0.3, -0.25) is 9.59 Å². The molecule has 2 amide bonds. The van der Waals surface area contributed by atoms with Gasteiger partial charge in [0.05, 0.1) is 0 Å². The number of benzene rings is 2. The molecule has 124 valence electrons. The number of carbonyl (C=O) groups excluding carboxylic acids is 2. The Balaban J connectivity index is 1.54. The highest BCUT2D eigenvalue weighted by atomic mass is 79.9. The van der Waals surface area contributed by atoms with E-state index < -0.39 is 0 Å². The van der Waals surface area contributed by atoms with Gasteiger partial charge in [-0.1, -0.05) is 40.2 Å². The van der Waals surface area contributed by atoms with Crippen LogP contribution in [0.4, 0.5) is 0 Å². The van der Waals surface area contributed by atoms with Crippen LogP contribution < -0.4 is 5.32 Å². The highest BCUT2D eigenvalue weighted by molar-refractivity contribution is 9.10. The minimum Gasteiger partial charge on any atom is -0.349 e. The fourth-order valence-electron chi connectivity index (χ4n) is 2.89. The van der Waals surface area contributed by atoms with Gasteiger partial charge >= 0.3 is 0 Å². The van der Waals surface area contributed by atoms with Crippen molar-refractivity contribution in [3.63, 3.8) is 0 Å². The number of nitrogens with zero attached hydrogens (tertiary/aromatic N) is 1. The third-order valence-electron chi connectivity index (χ3n) is 4.22. The Morgan fingerprint density at radius 2 is 1.62 bits per heavy atom. The van der Waals surface area contributed by atoms with Crippen LogP contribution in [0.2, 0.25) is 0 Å². The maximum absolute atomic E-state index is 12.5. The second-order valence-electron chi connectivity index (χ2n) is 5.92. The molecule has 24 heavy (non-hydrogen) atoms. The molecule has 2 aromatic rings. The van der Waals surface area contributed by atoms with Crippen LogP contribution in [0.1, 0.15) is 33.6 Å². The molecule has 4 nitrogen and oxygen atoms in total. The second kappa shape index (κ2) is 7.62. The zero-order valence-corrected chi connectivity index (χ0v) is 14.8. The minimum absolute atomic E-state index is 0.0455. The Hall–Kier alpha value is -2.14. The van der Waals surface area contributed by atoms with Gasteiger partial charge in [-0.25, -0.2) is 0 Å². The molecule has 1 aliphatic rings. The number of amides is 2. The lowest BCUT2D eigenvalue weighted by molar-refractivity contribution is 0.0698. The van der Waals surface area contributed by atoms with Crippen molar-refractivity contribution in [1.29, 1.82) is 0 Å². The van der Waals surface area contributed by atoms with E-state index in [1.165, 1.54) is 0 Å². The Kier molecular flexibility index (Phi) is 5.30. The summed E-state index contributed by atoms with van der Waals surface area (Å²) in [6.07, 6.45) is 1.55.